The average Bonchev–Trinajstić information content (AvgIpc) is 2.17. The highest BCUT2D eigenvalue weighted by atomic mass is 79.9. The number of amides is 1. The zero-order valence-electron chi connectivity index (χ0n) is 8.26. The number of hydrogen-bond acceptors (Lipinski definition) is 1. The van der Waals surface area contributed by atoms with Gasteiger partial charge in [0.25, 0.3) is 5.91 Å². The third-order valence-corrected chi connectivity index (χ3v) is 2.56. The van der Waals surface area contributed by atoms with Crippen LogP contribution in [0.2, 0.25) is 0 Å². The number of nitrogens with one attached hydrogen (secondary N) is 1. The number of carbonyl (C=O) groups excluding carboxylic acids is 1. The monoisotopic (exact) mass is 271 g/mol. The van der Waals surface area contributed by atoms with Crippen LogP contribution in [0, 0.1) is 5.82 Å². The molecule has 80 valence electrons. The normalized spacial score (nSPS) is 11.9. The first-order valence-corrected chi connectivity index (χ1v) is 5.23. The van der Waals surface area contributed by atoms with E-state index in [1.165, 1.54) is 12.1 Å². The number of hydrogen-bond donors (Lipinski definition) is 1. The molecular formula is C11H11BrFNO. The van der Waals surface area contributed by atoms with Crippen molar-refractivity contribution in [3.63, 3.8) is 0 Å². The van der Waals surface area contributed by atoms with Crippen molar-refractivity contribution < 1.29 is 9.18 Å². The summed E-state index contributed by atoms with van der Waals surface area (Å²) in [6, 6.07) is 4.21. The lowest BCUT2D eigenvalue weighted by Gasteiger charge is -2.10. The second-order valence-electron chi connectivity index (χ2n) is 3.09. The van der Waals surface area contributed by atoms with Gasteiger partial charge in [-0.05, 0) is 35.0 Å². The highest BCUT2D eigenvalue weighted by Crippen LogP contribution is 2.19. The molecule has 0 fully saturated rings. The fourth-order valence-corrected chi connectivity index (χ4v) is 1.57. The molecule has 1 N–H and O–H groups in total. The maximum atomic E-state index is 13.3. The van der Waals surface area contributed by atoms with E-state index in [0.29, 0.717) is 4.47 Å². The minimum atomic E-state index is -0.543. The zero-order valence-corrected chi connectivity index (χ0v) is 9.84. The smallest absolute Gasteiger partial charge is 0.255 e. The predicted octanol–water partition coefficient (Wildman–Crippen LogP) is 2.89. The van der Waals surface area contributed by atoms with Crippen molar-refractivity contribution >= 4 is 21.8 Å². The number of benzene rings is 1. The van der Waals surface area contributed by atoms with Crippen LogP contribution >= 0.6 is 15.9 Å². The van der Waals surface area contributed by atoms with Gasteiger partial charge in [-0.3, -0.25) is 4.79 Å². The third kappa shape index (κ3) is 2.89. The minimum absolute atomic E-state index is 0.0196. The van der Waals surface area contributed by atoms with Crippen molar-refractivity contribution in [1.29, 1.82) is 0 Å². The molecule has 0 heterocycles. The van der Waals surface area contributed by atoms with E-state index in [9.17, 15) is 9.18 Å². The van der Waals surface area contributed by atoms with Gasteiger partial charge in [0.15, 0.2) is 0 Å². The largest absolute Gasteiger partial charge is 0.346 e. The van der Waals surface area contributed by atoms with Crippen LogP contribution in [0.15, 0.2) is 35.3 Å². The molecule has 4 heteroatoms. The highest BCUT2D eigenvalue weighted by Gasteiger charge is 2.15. The van der Waals surface area contributed by atoms with E-state index in [-0.39, 0.29) is 11.6 Å². The molecule has 1 aromatic carbocycles. The summed E-state index contributed by atoms with van der Waals surface area (Å²) in [4.78, 5) is 11.6. The van der Waals surface area contributed by atoms with Crippen molar-refractivity contribution in [2.45, 2.75) is 13.0 Å². The van der Waals surface area contributed by atoms with Gasteiger partial charge in [-0.15, -0.1) is 6.58 Å². The fourth-order valence-electron chi connectivity index (χ4n) is 1.05. The van der Waals surface area contributed by atoms with Crippen LogP contribution in [-0.2, 0) is 0 Å². The first-order chi connectivity index (χ1) is 7.06. The molecule has 1 aromatic rings. The quantitative estimate of drug-likeness (QED) is 0.842. The Morgan fingerprint density at radius 2 is 2.33 bits per heavy atom. The van der Waals surface area contributed by atoms with Crippen molar-refractivity contribution in [2.24, 2.45) is 0 Å². The van der Waals surface area contributed by atoms with Gasteiger partial charge in [-0.25, -0.2) is 4.39 Å². The summed E-state index contributed by atoms with van der Waals surface area (Å²) in [5.74, 6) is -0.995. The van der Waals surface area contributed by atoms with Crippen LogP contribution in [0.5, 0.6) is 0 Å². The molecule has 0 aliphatic heterocycles. The van der Waals surface area contributed by atoms with Gasteiger partial charge < -0.3 is 5.32 Å². The van der Waals surface area contributed by atoms with Gasteiger partial charge in [0.05, 0.1) is 5.56 Å². The van der Waals surface area contributed by atoms with Crippen LogP contribution in [0.3, 0.4) is 0 Å². The Balaban J connectivity index is 2.96. The Bertz CT molecular complexity index is 372. The molecule has 2 nitrogen and oxygen atoms in total. The highest BCUT2D eigenvalue weighted by molar-refractivity contribution is 9.10. The van der Waals surface area contributed by atoms with E-state index in [4.69, 9.17) is 0 Å². The molecule has 0 aliphatic rings. The molecule has 1 amide bonds. The fraction of sp³-hybridized carbons (Fsp3) is 0.182. The standard InChI is InChI=1S/C11H11BrFNO/c1-3-7(2)14-11(15)10-8(12)5-4-6-9(10)13/h3-7H,1H2,2H3,(H,14,15). The van der Waals surface area contributed by atoms with Gasteiger partial charge >= 0.3 is 0 Å². The van der Waals surface area contributed by atoms with Gasteiger partial charge in [-0.2, -0.15) is 0 Å². The van der Waals surface area contributed by atoms with Gasteiger partial charge in [0.1, 0.15) is 5.82 Å². The Hall–Kier alpha value is -1.16. The number of halogens is 2. The number of rotatable bonds is 3. The summed E-state index contributed by atoms with van der Waals surface area (Å²) in [6.45, 7) is 5.30. The van der Waals surface area contributed by atoms with E-state index in [2.05, 4.69) is 27.8 Å². The summed E-state index contributed by atoms with van der Waals surface area (Å²) in [6.07, 6.45) is 1.58. The molecule has 0 aromatic heterocycles. The SMILES string of the molecule is C=CC(C)NC(=O)c1c(F)cccc1Br. The molecule has 1 rings (SSSR count). The summed E-state index contributed by atoms with van der Waals surface area (Å²) in [5, 5.41) is 2.60. The van der Waals surface area contributed by atoms with Crippen molar-refractivity contribution in [3.05, 3.63) is 46.7 Å². The Kier molecular flexibility index (Phi) is 4.03. The summed E-state index contributed by atoms with van der Waals surface area (Å²) in [7, 11) is 0. The average molecular weight is 272 g/mol. The zero-order chi connectivity index (χ0) is 11.4. The summed E-state index contributed by atoms with van der Waals surface area (Å²) in [5.41, 5.74) is 0.0196. The summed E-state index contributed by atoms with van der Waals surface area (Å²) < 4.78 is 13.8. The second kappa shape index (κ2) is 5.07. The van der Waals surface area contributed by atoms with Gasteiger partial charge in [0.2, 0.25) is 0 Å². The van der Waals surface area contributed by atoms with E-state index < -0.39 is 11.7 Å². The molecule has 0 radical (unpaired) electrons. The van der Waals surface area contributed by atoms with E-state index in [1.807, 2.05) is 0 Å². The molecule has 0 aliphatic carbocycles. The van der Waals surface area contributed by atoms with Crippen LogP contribution < -0.4 is 5.32 Å². The van der Waals surface area contributed by atoms with E-state index in [1.54, 1.807) is 19.1 Å². The van der Waals surface area contributed by atoms with Crippen LogP contribution in [0.25, 0.3) is 0 Å². The van der Waals surface area contributed by atoms with Gasteiger partial charge in [-0.1, -0.05) is 12.1 Å². The molecular weight excluding hydrogens is 261 g/mol. The predicted molar refractivity (Wildman–Crippen MR) is 61.2 cm³/mol. The van der Waals surface area contributed by atoms with Crippen molar-refractivity contribution in [3.8, 4) is 0 Å². The topological polar surface area (TPSA) is 29.1 Å². The molecule has 15 heavy (non-hydrogen) atoms. The van der Waals surface area contributed by atoms with Gasteiger partial charge in [0, 0.05) is 10.5 Å². The van der Waals surface area contributed by atoms with Crippen LogP contribution in [0.1, 0.15) is 17.3 Å². The molecule has 0 bridgehead atoms. The second-order valence-corrected chi connectivity index (χ2v) is 3.95. The molecule has 1 unspecified atom stereocenters. The molecule has 0 spiro atoms. The van der Waals surface area contributed by atoms with Crippen molar-refractivity contribution in [2.75, 3.05) is 0 Å². The first-order valence-electron chi connectivity index (χ1n) is 4.43. The molecule has 1 atom stereocenters. The lowest BCUT2D eigenvalue weighted by molar-refractivity contribution is 0.0942. The Morgan fingerprint density at radius 3 is 2.87 bits per heavy atom. The number of carbonyl (C=O) groups is 1. The molecule has 0 saturated carbocycles. The van der Waals surface area contributed by atoms with Crippen LogP contribution in [-0.4, -0.2) is 11.9 Å². The van der Waals surface area contributed by atoms with Crippen LogP contribution in [0.4, 0.5) is 4.39 Å². The maximum Gasteiger partial charge on any atom is 0.255 e. The van der Waals surface area contributed by atoms with Crippen molar-refractivity contribution in [1.82, 2.24) is 5.32 Å². The first kappa shape index (κ1) is 11.9. The molecule has 0 saturated heterocycles. The Labute approximate surface area is 96.3 Å². The summed E-state index contributed by atoms with van der Waals surface area (Å²) >= 11 is 3.13. The Morgan fingerprint density at radius 1 is 1.67 bits per heavy atom. The van der Waals surface area contributed by atoms with E-state index in [0.717, 1.165) is 0 Å². The minimum Gasteiger partial charge on any atom is -0.346 e. The van der Waals surface area contributed by atoms with E-state index >= 15 is 0 Å². The lowest BCUT2D eigenvalue weighted by Crippen LogP contribution is -2.31. The third-order valence-electron chi connectivity index (χ3n) is 1.90. The lowest BCUT2D eigenvalue weighted by atomic mass is 10.2. The maximum absolute atomic E-state index is 13.3.